The molecule has 0 aliphatic rings. The van der Waals surface area contributed by atoms with Gasteiger partial charge < -0.3 is 9.46 Å². The lowest BCUT2D eigenvalue weighted by atomic mass is 10.2. The maximum Gasteiger partial charge on any atom is 0.152 e. The van der Waals surface area contributed by atoms with E-state index in [0.29, 0.717) is 10.8 Å². The molecule has 2 aromatic carbocycles. The minimum absolute atomic E-state index is 0.0108. The van der Waals surface area contributed by atoms with E-state index in [1.54, 1.807) is 18.2 Å². The average Bonchev–Trinajstić information content (AvgIpc) is 2.44. The molecule has 0 heterocycles. The second kappa shape index (κ2) is 6.33. The fourth-order valence-corrected chi connectivity index (χ4v) is 2.59. The molecule has 20 heavy (non-hydrogen) atoms. The summed E-state index contributed by atoms with van der Waals surface area (Å²) in [5.74, 6) is -0.595. The van der Waals surface area contributed by atoms with E-state index >= 15 is 0 Å². The van der Waals surface area contributed by atoms with Crippen molar-refractivity contribution >= 4 is 29.2 Å². The highest BCUT2D eigenvalue weighted by Crippen LogP contribution is 2.31. The van der Waals surface area contributed by atoms with Gasteiger partial charge in [-0.1, -0.05) is 11.6 Å². The Bertz CT molecular complexity index is 637. The lowest BCUT2D eigenvalue weighted by Crippen LogP contribution is -1.96. The molecule has 0 unspecified atom stereocenters. The molecule has 2 rings (SSSR count). The van der Waals surface area contributed by atoms with Crippen LogP contribution in [0.2, 0.25) is 5.02 Å². The highest BCUT2D eigenvalue weighted by atomic mass is 35.5. The summed E-state index contributed by atoms with van der Waals surface area (Å²) in [7, 11) is 1.53. The molecule has 0 amide bonds. The maximum absolute atomic E-state index is 13.8. The van der Waals surface area contributed by atoms with Gasteiger partial charge in [0.15, 0.2) is 5.82 Å². The van der Waals surface area contributed by atoms with Gasteiger partial charge in [0, 0.05) is 10.5 Å². The number of nitrogens with one attached hydrogen (secondary N) is 1. The summed E-state index contributed by atoms with van der Waals surface area (Å²) in [6.45, 7) is 1.39. The first-order valence-corrected chi connectivity index (χ1v) is 6.93. The summed E-state index contributed by atoms with van der Waals surface area (Å²) in [5.41, 5.74) is 0.212. The quantitative estimate of drug-likeness (QED) is 0.797. The molecule has 2 nitrogen and oxygen atoms in total. The molecule has 0 spiro atoms. The van der Waals surface area contributed by atoms with Gasteiger partial charge in [-0.15, -0.1) is 0 Å². The van der Waals surface area contributed by atoms with Crippen molar-refractivity contribution in [1.82, 2.24) is 0 Å². The van der Waals surface area contributed by atoms with E-state index < -0.39 is 11.6 Å². The van der Waals surface area contributed by atoms with Gasteiger partial charge in [0.05, 0.1) is 17.8 Å². The molecule has 0 saturated carbocycles. The Morgan fingerprint density at radius 1 is 1.20 bits per heavy atom. The second-order valence-corrected chi connectivity index (χ2v) is 5.32. The third-order valence-corrected chi connectivity index (χ3v) is 3.83. The average molecular weight is 316 g/mol. The van der Waals surface area contributed by atoms with Crippen molar-refractivity contribution in [2.24, 2.45) is 0 Å². The van der Waals surface area contributed by atoms with Gasteiger partial charge >= 0.3 is 0 Å². The molecule has 0 fully saturated rings. The summed E-state index contributed by atoms with van der Waals surface area (Å²) in [6.07, 6.45) is 0. The summed E-state index contributed by atoms with van der Waals surface area (Å²) in [4.78, 5) is 0.789. The Hall–Kier alpha value is -1.46. The van der Waals surface area contributed by atoms with Crippen LogP contribution in [0.3, 0.4) is 0 Å². The third-order valence-electron chi connectivity index (χ3n) is 2.72. The third kappa shape index (κ3) is 3.16. The van der Waals surface area contributed by atoms with E-state index in [1.165, 1.54) is 38.1 Å². The first-order chi connectivity index (χ1) is 9.52. The van der Waals surface area contributed by atoms with Crippen LogP contribution in [0.25, 0.3) is 0 Å². The maximum atomic E-state index is 13.8. The highest BCUT2D eigenvalue weighted by Gasteiger charge is 2.10. The van der Waals surface area contributed by atoms with Gasteiger partial charge in [0.2, 0.25) is 0 Å². The van der Waals surface area contributed by atoms with E-state index in [-0.39, 0.29) is 11.3 Å². The topological polar surface area (TPSA) is 21.3 Å². The number of benzene rings is 2. The molecule has 0 aliphatic carbocycles. The van der Waals surface area contributed by atoms with Crippen molar-refractivity contribution in [3.8, 4) is 5.75 Å². The molecule has 0 aromatic heterocycles. The molecule has 0 bridgehead atoms. The normalized spacial score (nSPS) is 10.4. The van der Waals surface area contributed by atoms with Crippen molar-refractivity contribution in [3.05, 3.63) is 52.6 Å². The summed E-state index contributed by atoms with van der Waals surface area (Å²) < 4.78 is 34.8. The predicted molar refractivity (Wildman–Crippen MR) is 78.6 cm³/mol. The van der Waals surface area contributed by atoms with Gasteiger partial charge in [-0.3, -0.25) is 0 Å². The first-order valence-electron chi connectivity index (χ1n) is 5.74. The van der Waals surface area contributed by atoms with E-state index in [0.717, 1.165) is 4.90 Å². The van der Waals surface area contributed by atoms with E-state index in [9.17, 15) is 8.78 Å². The molecule has 1 N–H and O–H groups in total. The lowest BCUT2D eigenvalue weighted by Gasteiger charge is -2.10. The molecule has 2 aromatic rings. The number of ether oxygens (including phenoxy) is 1. The predicted octanol–water partition coefficient (Wildman–Crippen LogP) is 5.05. The minimum Gasteiger partial charge on any atom is -0.495 e. The van der Waals surface area contributed by atoms with Crippen molar-refractivity contribution in [1.29, 1.82) is 0 Å². The molecular weight excluding hydrogens is 304 g/mol. The summed E-state index contributed by atoms with van der Waals surface area (Å²) >= 11 is 7.18. The Labute approximate surface area is 125 Å². The monoisotopic (exact) mass is 315 g/mol. The zero-order valence-corrected chi connectivity index (χ0v) is 12.4. The fraction of sp³-hybridized carbons (Fsp3) is 0.143. The van der Waals surface area contributed by atoms with E-state index in [4.69, 9.17) is 16.3 Å². The van der Waals surface area contributed by atoms with Gasteiger partial charge in [-0.25, -0.2) is 8.78 Å². The smallest absolute Gasteiger partial charge is 0.152 e. The number of hydrogen-bond donors (Lipinski definition) is 1. The van der Waals surface area contributed by atoms with Crippen molar-refractivity contribution in [3.63, 3.8) is 0 Å². The number of halogens is 3. The number of hydrogen-bond acceptors (Lipinski definition) is 3. The van der Waals surface area contributed by atoms with E-state index in [1.807, 2.05) is 0 Å². The summed E-state index contributed by atoms with van der Waals surface area (Å²) in [6, 6.07) is 7.79. The van der Waals surface area contributed by atoms with Gasteiger partial charge in [0.1, 0.15) is 11.6 Å². The molecule has 106 valence electrons. The van der Waals surface area contributed by atoms with Crippen LogP contribution >= 0.6 is 23.5 Å². The molecule has 0 atom stereocenters. The van der Waals surface area contributed by atoms with Gasteiger partial charge in [-0.05, 0) is 49.2 Å². The summed E-state index contributed by atoms with van der Waals surface area (Å²) in [5, 5.41) is 0.468. The van der Waals surface area contributed by atoms with E-state index in [2.05, 4.69) is 4.72 Å². The highest BCUT2D eigenvalue weighted by molar-refractivity contribution is 8.00. The number of anilines is 1. The fourth-order valence-electron chi connectivity index (χ4n) is 1.56. The van der Waals surface area contributed by atoms with Gasteiger partial charge in [-0.2, -0.15) is 0 Å². The molecule has 0 saturated heterocycles. The zero-order chi connectivity index (χ0) is 14.7. The zero-order valence-electron chi connectivity index (χ0n) is 10.8. The molecule has 0 radical (unpaired) electrons. The number of methoxy groups -OCH3 is 1. The Kier molecular flexibility index (Phi) is 4.73. The van der Waals surface area contributed by atoms with Crippen LogP contribution in [0.4, 0.5) is 14.5 Å². The molecule has 6 heteroatoms. The molecule has 0 aliphatic heterocycles. The van der Waals surface area contributed by atoms with Crippen LogP contribution in [0, 0.1) is 18.6 Å². The van der Waals surface area contributed by atoms with Crippen LogP contribution in [-0.4, -0.2) is 7.11 Å². The van der Waals surface area contributed by atoms with Crippen LogP contribution < -0.4 is 9.46 Å². The Morgan fingerprint density at radius 3 is 2.60 bits per heavy atom. The largest absolute Gasteiger partial charge is 0.495 e. The van der Waals surface area contributed by atoms with Crippen LogP contribution in [0.1, 0.15) is 5.56 Å². The van der Waals surface area contributed by atoms with Crippen molar-refractivity contribution in [2.75, 3.05) is 11.8 Å². The van der Waals surface area contributed by atoms with Crippen molar-refractivity contribution < 1.29 is 13.5 Å². The van der Waals surface area contributed by atoms with Crippen LogP contribution in [0.5, 0.6) is 5.75 Å². The second-order valence-electron chi connectivity index (χ2n) is 4.03. The standard InChI is InChI=1S/C14H12ClF2NOS/c1-8-11(16)4-5-12(14(8)17)18-20-9-3-6-13(19-2)10(15)7-9/h3-7,18H,1-2H3. The Balaban J connectivity index is 2.13. The first kappa shape index (κ1) is 14.9. The van der Waals surface area contributed by atoms with Gasteiger partial charge in [0.25, 0.3) is 0 Å². The molecular formula is C14H12ClF2NOS. The number of rotatable bonds is 4. The van der Waals surface area contributed by atoms with Crippen molar-refractivity contribution in [2.45, 2.75) is 11.8 Å². The minimum atomic E-state index is -0.600. The van der Waals surface area contributed by atoms with Crippen LogP contribution in [0.15, 0.2) is 35.2 Å². The SMILES string of the molecule is COc1ccc(SNc2ccc(F)c(C)c2F)cc1Cl. The Morgan fingerprint density at radius 2 is 1.95 bits per heavy atom. The van der Waals surface area contributed by atoms with Crippen LogP contribution in [-0.2, 0) is 0 Å². The lowest BCUT2D eigenvalue weighted by molar-refractivity contribution is 0.414.